The van der Waals surface area contributed by atoms with Crippen LogP contribution in [0.2, 0.25) is 0 Å². The van der Waals surface area contributed by atoms with Crippen LogP contribution in [-0.2, 0) is 10.8 Å². The van der Waals surface area contributed by atoms with Crippen LogP contribution in [0.15, 0.2) is 97.1 Å². The van der Waals surface area contributed by atoms with Crippen LogP contribution in [0, 0.1) is 10.4 Å². The van der Waals surface area contributed by atoms with E-state index in [2.05, 4.69) is 159 Å². The van der Waals surface area contributed by atoms with Crippen LogP contribution >= 0.6 is 0 Å². The Labute approximate surface area is 252 Å². The fourth-order valence-electron chi connectivity index (χ4n) is 6.99. The molecule has 0 aromatic heterocycles. The summed E-state index contributed by atoms with van der Waals surface area (Å²) in [6.07, 6.45) is 10.4. The van der Waals surface area contributed by atoms with E-state index < -0.39 is 0 Å². The maximum Gasteiger partial charge on any atom is -0.00169 e. The number of hydrogen-bond acceptors (Lipinski definition) is 0. The third-order valence-corrected chi connectivity index (χ3v) is 8.86. The van der Waals surface area contributed by atoms with Crippen molar-refractivity contribution in [1.29, 1.82) is 0 Å². The standard InChI is InChI=1S/C42H44/c1-27(2)35-39(36(28-17-11-9-12-18-28)29-19-13-10-14-20-29)38-33-24-23-32(41(3,4)5)25-31(33)26-34(38)37(30-21-15-16-22-30)40(35)42(6,7)8/h9-21,23-27H,22H2,1-8H3. The fraction of sp³-hybridized carbons (Fsp3) is 0.286. The molecule has 2 aliphatic rings. The lowest BCUT2D eigenvalue weighted by Gasteiger charge is -2.32. The molecule has 0 heteroatoms. The van der Waals surface area contributed by atoms with Crippen molar-refractivity contribution in [1.82, 2.24) is 0 Å². The Balaban J connectivity index is 1.99. The Morgan fingerprint density at radius 2 is 1.36 bits per heavy atom. The van der Waals surface area contributed by atoms with Gasteiger partial charge in [0.05, 0.1) is 0 Å². The fourth-order valence-corrected chi connectivity index (χ4v) is 6.99. The molecule has 0 saturated heterocycles. The molecular weight excluding hydrogens is 504 g/mol. The predicted molar refractivity (Wildman–Crippen MR) is 181 cm³/mol. The summed E-state index contributed by atoms with van der Waals surface area (Å²) in [6, 6.07) is 29.3. The van der Waals surface area contributed by atoms with Gasteiger partial charge in [-0.15, -0.1) is 0 Å². The molecule has 4 aromatic carbocycles. The van der Waals surface area contributed by atoms with E-state index in [1.807, 2.05) is 0 Å². The molecule has 0 aliphatic heterocycles. The van der Waals surface area contributed by atoms with Crippen LogP contribution in [-0.4, -0.2) is 0 Å². The number of allylic oxidation sites excluding steroid dienone is 4. The zero-order valence-electron chi connectivity index (χ0n) is 26.6. The van der Waals surface area contributed by atoms with Crippen molar-refractivity contribution in [3.63, 3.8) is 0 Å². The molecular formula is C42H44. The Morgan fingerprint density at radius 3 is 1.86 bits per heavy atom. The first-order chi connectivity index (χ1) is 20.0. The van der Waals surface area contributed by atoms with Crippen LogP contribution in [0.25, 0.3) is 17.2 Å². The van der Waals surface area contributed by atoms with E-state index >= 15 is 0 Å². The lowest BCUT2D eigenvalue weighted by Crippen LogP contribution is -2.29. The highest BCUT2D eigenvalue weighted by Gasteiger charge is 2.31. The van der Waals surface area contributed by atoms with Gasteiger partial charge in [0.2, 0.25) is 0 Å². The van der Waals surface area contributed by atoms with Gasteiger partial charge in [-0.2, -0.15) is 0 Å². The molecule has 0 N–H and O–H groups in total. The van der Waals surface area contributed by atoms with Gasteiger partial charge < -0.3 is 0 Å². The lowest BCUT2D eigenvalue weighted by molar-refractivity contribution is 0.573. The molecule has 6 rings (SSSR count). The molecule has 2 aliphatic carbocycles. The van der Waals surface area contributed by atoms with Gasteiger partial charge in [-0.3, -0.25) is 0 Å². The van der Waals surface area contributed by atoms with Gasteiger partial charge in [-0.05, 0) is 100 Å². The molecule has 0 unspecified atom stereocenters. The van der Waals surface area contributed by atoms with Crippen molar-refractivity contribution in [2.24, 2.45) is 0 Å². The number of hydrogen-bond donors (Lipinski definition) is 0. The molecule has 0 atom stereocenters. The largest absolute Gasteiger partial charge is 0.0801 e. The zero-order chi connectivity index (χ0) is 29.8. The van der Waals surface area contributed by atoms with Crippen molar-refractivity contribution in [2.75, 3.05) is 0 Å². The number of fused-ring (bicyclic) bond motifs is 2. The Bertz CT molecular complexity index is 1910. The highest BCUT2D eigenvalue weighted by molar-refractivity contribution is 5.86. The molecule has 0 radical (unpaired) electrons. The molecule has 0 heterocycles. The second-order valence-electron chi connectivity index (χ2n) is 14.4. The average Bonchev–Trinajstić information content (AvgIpc) is 3.61. The first kappa shape index (κ1) is 28.2. The zero-order valence-corrected chi connectivity index (χ0v) is 26.6. The van der Waals surface area contributed by atoms with E-state index in [1.54, 1.807) is 0 Å². The quantitative estimate of drug-likeness (QED) is 0.210. The Kier molecular flexibility index (Phi) is 7.01. The summed E-state index contributed by atoms with van der Waals surface area (Å²) >= 11 is 0. The summed E-state index contributed by atoms with van der Waals surface area (Å²) in [6.45, 7) is 18.9. The third kappa shape index (κ3) is 4.82. The minimum absolute atomic E-state index is 0.0418. The second kappa shape index (κ2) is 10.4. The second-order valence-corrected chi connectivity index (χ2v) is 14.4. The molecule has 212 valence electrons. The maximum atomic E-state index is 2.50. The van der Waals surface area contributed by atoms with Gasteiger partial charge in [-0.25, -0.2) is 0 Å². The molecule has 0 fully saturated rings. The van der Waals surface area contributed by atoms with Crippen molar-refractivity contribution in [2.45, 2.75) is 78.6 Å². The first-order valence-electron chi connectivity index (χ1n) is 15.5. The molecule has 4 aromatic rings. The third-order valence-electron chi connectivity index (χ3n) is 8.86. The van der Waals surface area contributed by atoms with Gasteiger partial charge in [0.25, 0.3) is 0 Å². The number of rotatable bonds is 4. The molecule has 0 saturated carbocycles. The maximum absolute atomic E-state index is 2.50. The van der Waals surface area contributed by atoms with Gasteiger partial charge in [-0.1, -0.05) is 152 Å². The molecule has 0 amide bonds. The van der Waals surface area contributed by atoms with E-state index in [0.717, 1.165) is 6.42 Å². The summed E-state index contributed by atoms with van der Waals surface area (Å²) in [5.41, 5.74) is 12.5. The SMILES string of the molecule is CC(C)c1c(C(C)(C)C)c(C2=CC=CC2)c2c(c1=C(c1ccccc1)c1ccccc1)=c1ccc(C(C)(C)C)cc1=C2. The van der Waals surface area contributed by atoms with Crippen molar-refractivity contribution < 1.29 is 0 Å². The van der Waals surface area contributed by atoms with Crippen LogP contribution in [0.1, 0.15) is 107 Å². The van der Waals surface area contributed by atoms with E-state index in [1.165, 1.54) is 71.0 Å². The van der Waals surface area contributed by atoms with Gasteiger partial charge >= 0.3 is 0 Å². The van der Waals surface area contributed by atoms with Crippen molar-refractivity contribution in [3.05, 3.63) is 157 Å². The molecule has 0 nitrogen and oxygen atoms in total. The smallest absolute Gasteiger partial charge is 0.00169 e. The van der Waals surface area contributed by atoms with Crippen LogP contribution < -0.4 is 10.4 Å². The van der Waals surface area contributed by atoms with E-state index in [4.69, 9.17) is 0 Å². The highest BCUT2D eigenvalue weighted by Crippen LogP contribution is 2.41. The topological polar surface area (TPSA) is 0 Å². The Hall–Kier alpha value is -3.90. The normalized spacial score (nSPS) is 14.1. The van der Waals surface area contributed by atoms with E-state index in [-0.39, 0.29) is 10.8 Å². The van der Waals surface area contributed by atoms with Gasteiger partial charge in [0, 0.05) is 0 Å². The average molecular weight is 549 g/mol. The van der Waals surface area contributed by atoms with E-state index in [9.17, 15) is 0 Å². The summed E-state index contributed by atoms with van der Waals surface area (Å²) in [5, 5.41) is 5.49. The first-order valence-corrected chi connectivity index (χ1v) is 15.5. The summed E-state index contributed by atoms with van der Waals surface area (Å²) in [4.78, 5) is 0. The van der Waals surface area contributed by atoms with Gasteiger partial charge in [0.1, 0.15) is 0 Å². The Morgan fingerprint density at radius 1 is 0.738 bits per heavy atom. The highest BCUT2D eigenvalue weighted by atomic mass is 14.3. The summed E-state index contributed by atoms with van der Waals surface area (Å²) in [5.74, 6) is 0.341. The summed E-state index contributed by atoms with van der Waals surface area (Å²) < 4.78 is 0. The summed E-state index contributed by atoms with van der Waals surface area (Å²) in [7, 11) is 0. The molecule has 42 heavy (non-hydrogen) atoms. The monoisotopic (exact) mass is 548 g/mol. The van der Waals surface area contributed by atoms with Gasteiger partial charge in [0.15, 0.2) is 0 Å². The van der Waals surface area contributed by atoms with Crippen LogP contribution in [0.5, 0.6) is 0 Å². The predicted octanol–water partition coefficient (Wildman–Crippen LogP) is 9.42. The minimum atomic E-state index is -0.0418. The lowest BCUT2D eigenvalue weighted by atomic mass is 9.72. The van der Waals surface area contributed by atoms with Crippen molar-refractivity contribution in [3.8, 4) is 0 Å². The van der Waals surface area contributed by atoms with E-state index in [0.29, 0.717) is 5.92 Å². The minimum Gasteiger partial charge on any atom is -0.0801 e. The molecule has 0 bridgehead atoms. The van der Waals surface area contributed by atoms with Crippen LogP contribution in [0.3, 0.4) is 0 Å². The number of benzene rings is 4. The van der Waals surface area contributed by atoms with Crippen LogP contribution in [0.4, 0.5) is 0 Å². The van der Waals surface area contributed by atoms with Crippen molar-refractivity contribution >= 4 is 17.2 Å². The molecule has 0 spiro atoms.